The average Bonchev–Trinajstić information content (AvgIpc) is 2.88. The molecule has 5 heteroatoms. The van der Waals surface area contributed by atoms with E-state index in [0.717, 1.165) is 0 Å². The smallest absolute Gasteiger partial charge is 0.306 e. The number of amides is 1. The molecule has 20 heavy (non-hydrogen) atoms. The Morgan fingerprint density at radius 2 is 2.10 bits per heavy atom. The van der Waals surface area contributed by atoms with Gasteiger partial charge in [0.1, 0.15) is 5.75 Å². The fraction of sp³-hybridized carbons (Fsp3) is 0.467. The van der Waals surface area contributed by atoms with Gasteiger partial charge in [0, 0.05) is 6.04 Å². The molecule has 108 valence electrons. The van der Waals surface area contributed by atoms with Crippen LogP contribution in [0, 0.1) is 5.92 Å². The zero-order valence-corrected chi connectivity index (χ0v) is 11.5. The van der Waals surface area contributed by atoms with Gasteiger partial charge in [0.15, 0.2) is 0 Å². The van der Waals surface area contributed by atoms with Crippen molar-refractivity contribution < 1.29 is 19.4 Å². The Morgan fingerprint density at radius 3 is 2.75 bits per heavy atom. The van der Waals surface area contributed by atoms with Crippen LogP contribution in [0.25, 0.3) is 0 Å². The van der Waals surface area contributed by atoms with Crippen molar-refractivity contribution in [1.82, 2.24) is 5.32 Å². The molecule has 2 N–H and O–H groups in total. The minimum atomic E-state index is -0.781. The zero-order valence-electron chi connectivity index (χ0n) is 11.5. The third kappa shape index (κ3) is 3.29. The topological polar surface area (TPSA) is 75.6 Å². The van der Waals surface area contributed by atoms with Crippen LogP contribution >= 0.6 is 0 Å². The number of benzene rings is 1. The standard InChI is InChI=1S/C15H19NO4/c1-2-20-13-6-4-3-5-12(13)14(17)16-11-8-7-10(9-11)15(18)19/h3-6,10-11H,2,7-9H2,1H3,(H,16,17)(H,18,19). The van der Waals surface area contributed by atoms with Crippen LogP contribution in [0.4, 0.5) is 0 Å². The minimum Gasteiger partial charge on any atom is -0.493 e. The monoisotopic (exact) mass is 277 g/mol. The molecule has 2 atom stereocenters. The van der Waals surface area contributed by atoms with E-state index in [9.17, 15) is 9.59 Å². The van der Waals surface area contributed by atoms with Crippen molar-refractivity contribution in [3.05, 3.63) is 29.8 Å². The third-order valence-corrected chi connectivity index (χ3v) is 3.55. The molecule has 0 aromatic heterocycles. The maximum Gasteiger partial charge on any atom is 0.306 e. The number of carboxylic acids is 1. The van der Waals surface area contributed by atoms with Crippen LogP contribution in [0.1, 0.15) is 36.5 Å². The molecule has 5 nitrogen and oxygen atoms in total. The number of carbonyl (C=O) groups is 2. The largest absolute Gasteiger partial charge is 0.493 e. The van der Waals surface area contributed by atoms with Crippen molar-refractivity contribution in [2.45, 2.75) is 32.2 Å². The molecule has 0 radical (unpaired) electrons. The summed E-state index contributed by atoms with van der Waals surface area (Å²) in [6.07, 6.45) is 1.82. The van der Waals surface area contributed by atoms with Crippen LogP contribution < -0.4 is 10.1 Å². The van der Waals surface area contributed by atoms with Gasteiger partial charge in [-0.1, -0.05) is 12.1 Å². The number of carbonyl (C=O) groups excluding carboxylic acids is 1. The molecule has 0 heterocycles. The molecule has 0 bridgehead atoms. The third-order valence-electron chi connectivity index (χ3n) is 3.55. The molecule has 2 rings (SSSR count). The molecular weight excluding hydrogens is 258 g/mol. The lowest BCUT2D eigenvalue weighted by Crippen LogP contribution is -2.33. The molecule has 0 spiro atoms. The van der Waals surface area contributed by atoms with Gasteiger partial charge in [0.05, 0.1) is 18.1 Å². The van der Waals surface area contributed by atoms with E-state index in [0.29, 0.717) is 37.2 Å². The number of ether oxygens (including phenoxy) is 1. The molecule has 0 saturated heterocycles. The Morgan fingerprint density at radius 1 is 1.35 bits per heavy atom. The number of carboxylic acid groups (broad SMARTS) is 1. The van der Waals surface area contributed by atoms with Crippen molar-refractivity contribution in [1.29, 1.82) is 0 Å². The Balaban J connectivity index is 2.01. The van der Waals surface area contributed by atoms with Crippen molar-refractivity contribution in [3.8, 4) is 5.75 Å². The maximum atomic E-state index is 12.2. The average molecular weight is 277 g/mol. The minimum absolute atomic E-state index is 0.0710. The summed E-state index contributed by atoms with van der Waals surface area (Å²) < 4.78 is 5.43. The van der Waals surface area contributed by atoms with Gasteiger partial charge in [-0.2, -0.15) is 0 Å². The molecule has 0 aliphatic heterocycles. The number of para-hydroxylation sites is 1. The fourth-order valence-corrected chi connectivity index (χ4v) is 2.54. The van der Waals surface area contributed by atoms with Crippen molar-refractivity contribution >= 4 is 11.9 Å². The first kappa shape index (κ1) is 14.4. The maximum absolute atomic E-state index is 12.2. The van der Waals surface area contributed by atoms with E-state index in [-0.39, 0.29) is 17.9 Å². The van der Waals surface area contributed by atoms with Crippen molar-refractivity contribution in [2.75, 3.05) is 6.61 Å². The van der Waals surface area contributed by atoms with Gasteiger partial charge in [-0.3, -0.25) is 9.59 Å². The van der Waals surface area contributed by atoms with Crippen LogP contribution in [-0.2, 0) is 4.79 Å². The predicted octanol–water partition coefficient (Wildman–Crippen LogP) is 2.07. The summed E-state index contributed by atoms with van der Waals surface area (Å²) in [5.74, 6) is -0.774. The second-order valence-electron chi connectivity index (χ2n) is 4.95. The van der Waals surface area contributed by atoms with Crippen LogP contribution in [0.3, 0.4) is 0 Å². The van der Waals surface area contributed by atoms with Crippen LogP contribution in [0.5, 0.6) is 5.75 Å². The van der Waals surface area contributed by atoms with Crippen molar-refractivity contribution in [2.24, 2.45) is 5.92 Å². The summed E-state index contributed by atoms with van der Waals surface area (Å²) in [5, 5.41) is 11.9. The SMILES string of the molecule is CCOc1ccccc1C(=O)NC1CCC(C(=O)O)C1. The highest BCUT2D eigenvalue weighted by Gasteiger charge is 2.31. The number of hydrogen-bond donors (Lipinski definition) is 2. The quantitative estimate of drug-likeness (QED) is 0.864. The predicted molar refractivity (Wildman–Crippen MR) is 73.8 cm³/mol. The van der Waals surface area contributed by atoms with Gasteiger partial charge < -0.3 is 15.2 Å². The molecule has 1 amide bonds. The first-order valence-electron chi connectivity index (χ1n) is 6.87. The molecular formula is C15H19NO4. The summed E-state index contributed by atoms with van der Waals surface area (Å²) in [6.45, 7) is 2.36. The second kappa shape index (κ2) is 6.41. The summed E-state index contributed by atoms with van der Waals surface area (Å²) in [7, 11) is 0. The molecule has 1 fully saturated rings. The van der Waals surface area contributed by atoms with Gasteiger partial charge in [-0.25, -0.2) is 0 Å². The van der Waals surface area contributed by atoms with Gasteiger partial charge in [0.2, 0.25) is 0 Å². The Hall–Kier alpha value is -2.04. The molecule has 1 aliphatic carbocycles. The van der Waals surface area contributed by atoms with E-state index in [2.05, 4.69) is 5.32 Å². The first-order valence-corrected chi connectivity index (χ1v) is 6.87. The molecule has 1 aromatic carbocycles. The first-order chi connectivity index (χ1) is 9.61. The normalized spacial score (nSPS) is 21.4. The lowest BCUT2D eigenvalue weighted by atomic mass is 10.1. The summed E-state index contributed by atoms with van der Waals surface area (Å²) >= 11 is 0. The Kier molecular flexibility index (Phi) is 4.61. The van der Waals surface area contributed by atoms with Crippen LogP contribution in [-0.4, -0.2) is 29.6 Å². The number of hydrogen-bond acceptors (Lipinski definition) is 3. The number of aliphatic carboxylic acids is 1. The highest BCUT2D eigenvalue weighted by atomic mass is 16.5. The van der Waals surface area contributed by atoms with Gasteiger partial charge in [-0.05, 0) is 38.3 Å². The summed E-state index contributed by atoms with van der Waals surface area (Å²) in [4.78, 5) is 23.1. The van der Waals surface area contributed by atoms with E-state index < -0.39 is 5.97 Å². The van der Waals surface area contributed by atoms with E-state index in [1.165, 1.54) is 0 Å². The molecule has 1 saturated carbocycles. The molecule has 2 unspecified atom stereocenters. The number of rotatable bonds is 5. The second-order valence-corrected chi connectivity index (χ2v) is 4.95. The number of nitrogens with one attached hydrogen (secondary N) is 1. The van der Waals surface area contributed by atoms with E-state index in [4.69, 9.17) is 9.84 Å². The van der Waals surface area contributed by atoms with E-state index in [1.54, 1.807) is 18.2 Å². The lowest BCUT2D eigenvalue weighted by Gasteiger charge is -2.14. The zero-order chi connectivity index (χ0) is 14.5. The summed E-state index contributed by atoms with van der Waals surface area (Å²) in [6, 6.07) is 7.00. The highest BCUT2D eigenvalue weighted by Crippen LogP contribution is 2.26. The van der Waals surface area contributed by atoms with Gasteiger partial charge >= 0.3 is 5.97 Å². The molecule has 1 aliphatic rings. The van der Waals surface area contributed by atoms with E-state index >= 15 is 0 Å². The van der Waals surface area contributed by atoms with E-state index in [1.807, 2.05) is 13.0 Å². The van der Waals surface area contributed by atoms with Crippen LogP contribution in [0.15, 0.2) is 24.3 Å². The van der Waals surface area contributed by atoms with Crippen LogP contribution in [0.2, 0.25) is 0 Å². The lowest BCUT2D eigenvalue weighted by molar-refractivity contribution is -0.141. The Labute approximate surface area is 117 Å². The fourth-order valence-electron chi connectivity index (χ4n) is 2.54. The highest BCUT2D eigenvalue weighted by molar-refractivity contribution is 5.97. The van der Waals surface area contributed by atoms with Gasteiger partial charge in [0.25, 0.3) is 5.91 Å². The summed E-state index contributed by atoms with van der Waals surface area (Å²) in [5.41, 5.74) is 0.494. The molecule has 1 aromatic rings. The van der Waals surface area contributed by atoms with Crippen molar-refractivity contribution in [3.63, 3.8) is 0 Å². The Bertz CT molecular complexity index is 500. The van der Waals surface area contributed by atoms with Gasteiger partial charge in [-0.15, -0.1) is 0 Å².